The summed E-state index contributed by atoms with van der Waals surface area (Å²) in [7, 11) is 0. The number of aryl methyl sites for hydroxylation is 1. The van der Waals surface area contributed by atoms with Crippen LogP contribution in [0.25, 0.3) is 0 Å². The van der Waals surface area contributed by atoms with Gasteiger partial charge < -0.3 is 26.0 Å². The Hall–Kier alpha value is -1.79. The Labute approximate surface area is 111 Å². The molecule has 6 heteroatoms. The maximum absolute atomic E-state index is 11.1. The molecule has 0 saturated carbocycles. The van der Waals surface area contributed by atoms with Gasteiger partial charge in [0.2, 0.25) is 0 Å². The number of nitrogens with two attached hydrogens (primary N) is 1. The van der Waals surface area contributed by atoms with Crippen molar-refractivity contribution in [1.29, 1.82) is 0 Å². The Kier molecular flexibility index (Phi) is 3.64. The number of carboxylic acid groups (broad SMARTS) is 1. The summed E-state index contributed by atoms with van der Waals surface area (Å²) in [6, 6.07) is 3.24. The molecule has 2 rings (SSSR count). The first-order valence-corrected chi connectivity index (χ1v) is 6.09. The Morgan fingerprint density at radius 1 is 1.58 bits per heavy atom. The van der Waals surface area contributed by atoms with Crippen molar-refractivity contribution in [3.05, 3.63) is 23.3 Å². The van der Waals surface area contributed by atoms with E-state index in [1.165, 1.54) is 6.07 Å². The van der Waals surface area contributed by atoms with Gasteiger partial charge in [-0.15, -0.1) is 0 Å². The van der Waals surface area contributed by atoms with Gasteiger partial charge >= 0.3 is 5.97 Å². The molecule has 0 bridgehead atoms. The van der Waals surface area contributed by atoms with Crippen LogP contribution in [-0.2, 0) is 4.74 Å². The molecule has 19 heavy (non-hydrogen) atoms. The lowest BCUT2D eigenvalue weighted by Crippen LogP contribution is -2.37. The van der Waals surface area contributed by atoms with Crippen molar-refractivity contribution in [1.82, 2.24) is 0 Å². The molecule has 1 aliphatic heterocycles. The molecule has 6 nitrogen and oxygen atoms in total. The third-order valence-corrected chi connectivity index (χ3v) is 3.32. The highest BCUT2D eigenvalue weighted by Gasteiger charge is 2.31. The van der Waals surface area contributed by atoms with Crippen molar-refractivity contribution >= 4 is 17.3 Å². The van der Waals surface area contributed by atoms with Gasteiger partial charge in [0.05, 0.1) is 12.2 Å². The largest absolute Gasteiger partial charge is 0.478 e. The molecule has 1 fully saturated rings. The number of carbonyl (C=O) groups is 1. The van der Waals surface area contributed by atoms with Gasteiger partial charge in [0, 0.05) is 30.9 Å². The van der Waals surface area contributed by atoms with Crippen LogP contribution in [0.2, 0.25) is 0 Å². The molecule has 1 aromatic rings. The summed E-state index contributed by atoms with van der Waals surface area (Å²) >= 11 is 0. The van der Waals surface area contributed by atoms with E-state index >= 15 is 0 Å². The summed E-state index contributed by atoms with van der Waals surface area (Å²) in [4.78, 5) is 11.1. The number of carboxylic acids is 1. The topological polar surface area (TPSA) is 105 Å². The second-order valence-corrected chi connectivity index (χ2v) is 4.94. The summed E-state index contributed by atoms with van der Waals surface area (Å²) in [5.74, 6) is -1.06. The molecule has 5 N–H and O–H groups in total. The number of rotatable bonds is 4. The number of anilines is 2. The number of aliphatic hydroxyl groups is 1. The number of ether oxygens (including phenoxy) is 1. The summed E-state index contributed by atoms with van der Waals surface area (Å²) in [6.07, 6.45) is 0.569. The van der Waals surface area contributed by atoms with Crippen molar-refractivity contribution in [2.75, 3.05) is 30.8 Å². The molecule has 0 radical (unpaired) electrons. The van der Waals surface area contributed by atoms with Crippen molar-refractivity contribution in [3.8, 4) is 0 Å². The van der Waals surface area contributed by atoms with Crippen LogP contribution in [-0.4, -0.2) is 41.5 Å². The molecule has 0 spiro atoms. The quantitative estimate of drug-likeness (QED) is 0.602. The highest BCUT2D eigenvalue weighted by atomic mass is 16.5. The summed E-state index contributed by atoms with van der Waals surface area (Å²) in [6.45, 7) is 2.90. The predicted octanol–water partition coefficient (Wildman–Crippen LogP) is 0.839. The lowest BCUT2D eigenvalue weighted by molar-refractivity contribution is 0.0382. The van der Waals surface area contributed by atoms with Crippen molar-refractivity contribution < 1.29 is 19.7 Å². The molecule has 0 amide bonds. The van der Waals surface area contributed by atoms with E-state index in [0.717, 1.165) is 0 Å². The molecule has 1 saturated heterocycles. The standard InChI is InChI=1S/C13H18N2O4/c1-8-4-9(5-10(11(8)14)12(16)17)15-6-13(18)2-3-19-7-13/h4-5,15,18H,2-3,6-7,14H2,1H3,(H,16,17). The van der Waals surface area contributed by atoms with Gasteiger partial charge in [-0.1, -0.05) is 0 Å². The van der Waals surface area contributed by atoms with Crippen molar-refractivity contribution in [2.45, 2.75) is 18.9 Å². The SMILES string of the molecule is Cc1cc(NCC2(O)CCOC2)cc(C(=O)O)c1N. The fraction of sp³-hybridized carbons (Fsp3) is 0.462. The highest BCUT2D eigenvalue weighted by Crippen LogP contribution is 2.24. The number of nitrogen functional groups attached to an aromatic ring is 1. The number of hydrogen-bond donors (Lipinski definition) is 4. The van der Waals surface area contributed by atoms with Crippen LogP contribution < -0.4 is 11.1 Å². The highest BCUT2D eigenvalue weighted by molar-refractivity contribution is 5.95. The molecule has 0 aliphatic carbocycles. The van der Waals surface area contributed by atoms with Crippen molar-refractivity contribution in [2.24, 2.45) is 0 Å². The third-order valence-electron chi connectivity index (χ3n) is 3.32. The monoisotopic (exact) mass is 266 g/mol. The van der Waals surface area contributed by atoms with E-state index in [0.29, 0.717) is 37.4 Å². The van der Waals surface area contributed by atoms with Gasteiger partial charge in [-0.05, 0) is 24.6 Å². The van der Waals surface area contributed by atoms with Crippen LogP contribution in [0, 0.1) is 6.92 Å². The number of benzene rings is 1. The number of hydrogen-bond acceptors (Lipinski definition) is 5. The zero-order chi connectivity index (χ0) is 14.0. The van der Waals surface area contributed by atoms with E-state index in [-0.39, 0.29) is 11.3 Å². The van der Waals surface area contributed by atoms with E-state index in [4.69, 9.17) is 15.6 Å². The summed E-state index contributed by atoms with van der Waals surface area (Å²) < 4.78 is 5.15. The molecule has 1 aliphatic rings. The van der Waals surface area contributed by atoms with E-state index in [2.05, 4.69) is 5.32 Å². The maximum Gasteiger partial charge on any atom is 0.337 e. The van der Waals surface area contributed by atoms with Gasteiger partial charge in [-0.25, -0.2) is 4.79 Å². The summed E-state index contributed by atoms with van der Waals surface area (Å²) in [5, 5.41) is 22.2. The van der Waals surface area contributed by atoms with E-state index in [9.17, 15) is 9.90 Å². The molecule has 104 valence electrons. The number of aromatic carboxylic acids is 1. The summed E-state index contributed by atoms with van der Waals surface area (Å²) in [5.41, 5.74) is 6.48. The zero-order valence-electron chi connectivity index (χ0n) is 10.8. The van der Waals surface area contributed by atoms with Crippen LogP contribution in [0.15, 0.2) is 12.1 Å². The minimum atomic E-state index is -1.06. The van der Waals surface area contributed by atoms with Crippen LogP contribution >= 0.6 is 0 Å². The fourth-order valence-corrected chi connectivity index (χ4v) is 2.08. The van der Waals surface area contributed by atoms with Gasteiger partial charge in [-0.2, -0.15) is 0 Å². The molecule has 1 atom stereocenters. The molecular weight excluding hydrogens is 248 g/mol. The normalized spacial score (nSPS) is 22.4. The Morgan fingerprint density at radius 3 is 2.89 bits per heavy atom. The second-order valence-electron chi connectivity index (χ2n) is 4.94. The molecule has 0 aromatic heterocycles. The first kappa shape index (κ1) is 13.6. The van der Waals surface area contributed by atoms with Crippen LogP contribution in [0.4, 0.5) is 11.4 Å². The Morgan fingerprint density at radius 2 is 2.32 bits per heavy atom. The van der Waals surface area contributed by atoms with Gasteiger partial charge in [0.15, 0.2) is 0 Å². The first-order chi connectivity index (χ1) is 8.91. The minimum absolute atomic E-state index is 0.0668. The number of nitrogens with one attached hydrogen (secondary N) is 1. The van der Waals surface area contributed by atoms with Crippen LogP contribution in [0.1, 0.15) is 22.3 Å². The van der Waals surface area contributed by atoms with E-state index in [1.807, 2.05) is 0 Å². The Bertz CT molecular complexity index is 496. The third kappa shape index (κ3) is 2.97. The lowest BCUT2D eigenvalue weighted by atomic mass is 10.0. The van der Waals surface area contributed by atoms with Gasteiger partial charge in [0.25, 0.3) is 0 Å². The zero-order valence-corrected chi connectivity index (χ0v) is 10.8. The van der Waals surface area contributed by atoms with Gasteiger partial charge in [-0.3, -0.25) is 0 Å². The van der Waals surface area contributed by atoms with Crippen LogP contribution in [0.5, 0.6) is 0 Å². The molecule has 1 heterocycles. The molecule has 1 aromatic carbocycles. The van der Waals surface area contributed by atoms with Crippen LogP contribution in [0.3, 0.4) is 0 Å². The van der Waals surface area contributed by atoms with E-state index < -0.39 is 11.6 Å². The predicted molar refractivity (Wildman–Crippen MR) is 71.4 cm³/mol. The smallest absolute Gasteiger partial charge is 0.337 e. The average Bonchev–Trinajstić information content (AvgIpc) is 2.78. The van der Waals surface area contributed by atoms with E-state index in [1.54, 1.807) is 13.0 Å². The average molecular weight is 266 g/mol. The lowest BCUT2D eigenvalue weighted by Gasteiger charge is -2.22. The van der Waals surface area contributed by atoms with Gasteiger partial charge in [0.1, 0.15) is 5.60 Å². The Balaban J connectivity index is 2.14. The van der Waals surface area contributed by atoms with Crippen molar-refractivity contribution in [3.63, 3.8) is 0 Å². The second kappa shape index (κ2) is 5.07. The minimum Gasteiger partial charge on any atom is -0.478 e. The molecule has 1 unspecified atom stereocenters. The fourth-order valence-electron chi connectivity index (χ4n) is 2.08. The first-order valence-electron chi connectivity index (χ1n) is 6.09. The molecular formula is C13H18N2O4. The maximum atomic E-state index is 11.1.